The van der Waals surface area contributed by atoms with Crippen LogP contribution in [-0.4, -0.2) is 48.1 Å². The highest BCUT2D eigenvalue weighted by Gasteiger charge is 2.32. The zero-order valence-electron chi connectivity index (χ0n) is 24.9. The van der Waals surface area contributed by atoms with Gasteiger partial charge in [0.15, 0.2) is 11.9 Å². The van der Waals surface area contributed by atoms with Crippen LogP contribution in [0.4, 0.5) is 18.9 Å². The van der Waals surface area contributed by atoms with Crippen molar-refractivity contribution in [1.29, 1.82) is 0 Å². The number of anilines is 1. The van der Waals surface area contributed by atoms with Crippen molar-refractivity contribution < 1.29 is 32.7 Å². The number of Topliss-reactive ketones (excluding diaryl/α,β-unsaturated/α-hetero) is 1. The smallest absolute Gasteiger partial charge is 0.388 e. The lowest BCUT2D eigenvalue weighted by atomic mass is 9.96. The highest BCUT2D eigenvalue weighted by molar-refractivity contribution is 6.30. The molecule has 3 rings (SSSR count). The molecule has 0 aliphatic carbocycles. The van der Waals surface area contributed by atoms with Gasteiger partial charge in [-0.2, -0.15) is 13.2 Å². The highest BCUT2D eigenvalue weighted by atomic mass is 35.5. The number of rotatable bonds is 11. The van der Waals surface area contributed by atoms with Crippen LogP contribution in [-0.2, 0) is 15.8 Å². The average Bonchev–Trinajstić information content (AvgIpc) is 2.98. The zero-order chi connectivity index (χ0) is 32.3. The number of hydrogen-bond donors (Lipinski definition) is 2. The van der Waals surface area contributed by atoms with E-state index in [9.17, 15) is 32.7 Å². The molecule has 0 aliphatic heterocycles. The van der Waals surface area contributed by atoms with Gasteiger partial charge in [-0.1, -0.05) is 62.7 Å². The van der Waals surface area contributed by atoms with E-state index in [2.05, 4.69) is 5.32 Å². The zero-order valence-corrected chi connectivity index (χ0v) is 25.7. The van der Waals surface area contributed by atoms with Crippen molar-refractivity contribution in [2.24, 2.45) is 11.8 Å². The molecule has 0 radical (unpaired) electrons. The number of alkyl halides is 3. The predicted molar refractivity (Wildman–Crippen MR) is 164 cm³/mol. The standard InChI is InChI=1S/C18H24F3NO3.C15H14ClNO/c1-4-8-22(10-14(11-23)12(2)3)17(25)16(24)13-6-5-7-15(9-13)18(19,20)21;1-10(18)14-9-12(5-8-15(14)17-2)11-3-6-13(16)7-4-11/h5-7,9,11-12,14,16,24H,4,8,10H2,1-3H3;3-9,17H,1-2H3. The Kier molecular flexibility index (Phi) is 13.4. The van der Waals surface area contributed by atoms with E-state index in [1.54, 1.807) is 6.92 Å². The number of nitrogens with zero attached hydrogens (tertiary/aromatic N) is 1. The Morgan fingerprint density at radius 3 is 2.16 bits per heavy atom. The van der Waals surface area contributed by atoms with Gasteiger partial charge in [-0.25, -0.2) is 0 Å². The quantitative estimate of drug-likeness (QED) is 0.170. The fourth-order valence-corrected chi connectivity index (χ4v) is 4.43. The van der Waals surface area contributed by atoms with Gasteiger partial charge in [0.2, 0.25) is 0 Å². The van der Waals surface area contributed by atoms with E-state index in [0.717, 1.165) is 41.3 Å². The lowest BCUT2D eigenvalue weighted by Crippen LogP contribution is -2.40. The van der Waals surface area contributed by atoms with Crippen molar-refractivity contribution in [2.75, 3.05) is 25.5 Å². The first-order chi connectivity index (χ1) is 20.2. The summed E-state index contributed by atoms with van der Waals surface area (Å²) >= 11 is 5.86. The molecule has 2 N–H and O–H groups in total. The molecule has 2 atom stereocenters. The molecule has 6 nitrogen and oxygen atoms in total. The van der Waals surface area contributed by atoms with E-state index in [1.165, 1.54) is 11.0 Å². The maximum atomic E-state index is 12.8. The summed E-state index contributed by atoms with van der Waals surface area (Å²) in [4.78, 5) is 36.7. The lowest BCUT2D eigenvalue weighted by Gasteiger charge is -2.28. The summed E-state index contributed by atoms with van der Waals surface area (Å²) in [6.07, 6.45) is -4.89. The summed E-state index contributed by atoms with van der Waals surface area (Å²) in [6, 6.07) is 17.5. The molecule has 2 unspecified atom stereocenters. The third-order valence-electron chi connectivity index (χ3n) is 6.88. The number of nitrogens with one attached hydrogen (secondary N) is 1. The minimum absolute atomic E-state index is 0.00959. The number of aliphatic hydroxyl groups is 1. The number of ketones is 1. The van der Waals surface area contributed by atoms with Crippen LogP contribution in [0.3, 0.4) is 0 Å². The van der Waals surface area contributed by atoms with Crippen molar-refractivity contribution in [3.63, 3.8) is 0 Å². The van der Waals surface area contributed by atoms with Crippen molar-refractivity contribution in [2.45, 2.75) is 46.4 Å². The predicted octanol–water partition coefficient (Wildman–Crippen LogP) is 7.70. The summed E-state index contributed by atoms with van der Waals surface area (Å²) in [5, 5.41) is 14.0. The molecule has 10 heteroatoms. The number of halogens is 4. The van der Waals surface area contributed by atoms with Crippen molar-refractivity contribution >= 4 is 35.3 Å². The number of amides is 1. The van der Waals surface area contributed by atoms with Crippen LogP contribution in [0.25, 0.3) is 11.1 Å². The second-order valence-corrected chi connectivity index (χ2v) is 10.9. The van der Waals surface area contributed by atoms with Crippen LogP contribution < -0.4 is 5.32 Å². The van der Waals surface area contributed by atoms with Crippen molar-refractivity contribution in [1.82, 2.24) is 4.90 Å². The van der Waals surface area contributed by atoms with E-state index in [-0.39, 0.29) is 23.8 Å². The topological polar surface area (TPSA) is 86.7 Å². The molecule has 3 aromatic carbocycles. The molecular formula is C33H38ClF3N2O4. The van der Waals surface area contributed by atoms with E-state index in [4.69, 9.17) is 11.6 Å². The number of hydrogen-bond acceptors (Lipinski definition) is 5. The third kappa shape index (κ3) is 10.2. The van der Waals surface area contributed by atoms with Gasteiger partial charge >= 0.3 is 6.18 Å². The summed E-state index contributed by atoms with van der Waals surface area (Å²) in [7, 11) is 1.81. The van der Waals surface area contributed by atoms with Gasteiger partial charge in [0.1, 0.15) is 6.29 Å². The first-order valence-electron chi connectivity index (χ1n) is 13.9. The Labute approximate surface area is 255 Å². The Balaban J connectivity index is 0.000000315. The lowest BCUT2D eigenvalue weighted by molar-refractivity contribution is -0.142. The maximum absolute atomic E-state index is 12.8. The Hall–Kier alpha value is -3.69. The Bertz CT molecular complexity index is 1380. The molecule has 0 aromatic heterocycles. The maximum Gasteiger partial charge on any atom is 0.416 e. The van der Waals surface area contributed by atoms with Gasteiger partial charge in [-0.05, 0) is 72.4 Å². The van der Waals surface area contributed by atoms with E-state index in [0.29, 0.717) is 23.6 Å². The molecular weight excluding hydrogens is 581 g/mol. The average molecular weight is 619 g/mol. The Morgan fingerprint density at radius 2 is 1.65 bits per heavy atom. The van der Waals surface area contributed by atoms with Gasteiger partial charge < -0.3 is 20.1 Å². The summed E-state index contributed by atoms with van der Waals surface area (Å²) in [5.41, 5.74) is 2.56. The van der Waals surface area contributed by atoms with Gasteiger partial charge in [0.05, 0.1) is 5.56 Å². The van der Waals surface area contributed by atoms with E-state index >= 15 is 0 Å². The molecule has 0 saturated carbocycles. The molecule has 0 bridgehead atoms. The molecule has 0 fully saturated rings. The molecule has 43 heavy (non-hydrogen) atoms. The summed E-state index contributed by atoms with van der Waals surface area (Å²) < 4.78 is 38.4. The number of benzene rings is 3. The monoisotopic (exact) mass is 618 g/mol. The van der Waals surface area contributed by atoms with Crippen molar-refractivity contribution in [3.8, 4) is 11.1 Å². The second-order valence-electron chi connectivity index (χ2n) is 10.4. The fourth-order valence-electron chi connectivity index (χ4n) is 4.30. The highest BCUT2D eigenvalue weighted by Crippen LogP contribution is 2.31. The number of aldehydes is 1. The molecule has 3 aromatic rings. The second kappa shape index (κ2) is 16.2. The van der Waals surface area contributed by atoms with Gasteiger partial charge in [-0.3, -0.25) is 9.59 Å². The number of carbonyl (C=O) groups is 3. The SMILES string of the molecule is CCCN(CC(C=O)C(C)C)C(=O)C(O)c1cccc(C(F)(F)F)c1.CNc1ccc(-c2ccc(Cl)cc2)cc1C(C)=O. The molecule has 1 amide bonds. The molecule has 0 heterocycles. The molecule has 232 valence electrons. The largest absolute Gasteiger partial charge is 0.416 e. The fraction of sp³-hybridized carbons (Fsp3) is 0.364. The van der Waals surface area contributed by atoms with Crippen LogP contribution in [0.1, 0.15) is 61.7 Å². The summed E-state index contributed by atoms with van der Waals surface area (Å²) in [5.74, 6) is -1.04. The molecule has 0 aliphatic rings. The molecule has 0 spiro atoms. The minimum atomic E-state index is -4.55. The molecule has 0 saturated heterocycles. The van der Waals surface area contributed by atoms with Crippen LogP contribution in [0, 0.1) is 11.8 Å². The third-order valence-corrected chi connectivity index (χ3v) is 7.13. The van der Waals surface area contributed by atoms with E-state index < -0.39 is 29.7 Å². The Morgan fingerprint density at radius 1 is 1.02 bits per heavy atom. The number of carbonyl (C=O) groups excluding carboxylic acids is 3. The van der Waals surface area contributed by atoms with Crippen LogP contribution in [0.15, 0.2) is 66.7 Å². The normalized spacial score (nSPS) is 12.5. The van der Waals surface area contributed by atoms with Crippen LogP contribution in [0.5, 0.6) is 0 Å². The minimum Gasteiger partial charge on any atom is -0.388 e. The number of aliphatic hydroxyl groups excluding tert-OH is 1. The van der Waals surface area contributed by atoms with Gasteiger partial charge in [0, 0.05) is 42.3 Å². The van der Waals surface area contributed by atoms with Crippen LogP contribution in [0.2, 0.25) is 5.02 Å². The van der Waals surface area contributed by atoms with Crippen molar-refractivity contribution in [3.05, 3.63) is 88.4 Å². The first-order valence-corrected chi connectivity index (χ1v) is 14.3. The summed E-state index contributed by atoms with van der Waals surface area (Å²) in [6.45, 7) is 7.54. The van der Waals surface area contributed by atoms with Crippen LogP contribution >= 0.6 is 11.6 Å². The van der Waals surface area contributed by atoms with Gasteiger partial charge in [0.25, 0.3) is 5.91 Å². The van der Waals surface area contributed by atoms with E-state index in [1.807, 2.05) is 70.3 Å². The van der Waals surface area contributed by atoms with Gasteiger partial charge in [-0.15, -0.1) is 0 Å². The first kappa shape index (κ1) is 35.5.